The van der Waals surface area contributed by atoms with Gasteiger partial charge in [-0.05, 0) is 69.7 Å². The van der Waals surface area contributed by atoms with Gasteiger partial charge in [-0.2, -0.15) is 13.2 Å². The lowest BCUT2D eigenvalue weighted by atomic mass is 10.1. The molecule has 31 heavy (non-hydrogen) atoms. The number of ether oxygens (including phenoxy) is 1. The van der Waals surface area contributed by atoms with Gasteiger partial charge < -0.3 is 10.1 Å². The Bertz CT molecular complexity index is 1030. The molecule has 2 aromatic rings. The monoisotopic (exact) mass is 458 g/mol. The Kier molecular flexibility index (Phi) is 7.38. The maximum Gasteiger partial charge on any atom is 0.416 e. The van der Waals surface area contributed by atoms with E-state index in [2.05, 4.69) is 10.0 Å². The molecule has 0 radical (unpaired) electrons. The molecule has 170 valence electrons. The standard InChI is InChI=1S/C21H25F3N2O4S/c1-14-5-10-17(31(28,29)26-20(2,3)4)13-18(14)19(27)25-11-12-30-16-8-6-15(7-9-16)21(22,23)24/h5-10,13,26H,11-12H2,1-4H3,(H,25,27). The molecule has 0 aliphatic heterocycles. The Hall–Kier alpha value is -2.59. The van der Waals surface area contributed by atoms with Gasteiger partial charge in [-0.15, -0.1) is 0 Å². The fourth-order valence-electron chi connectivity index (χ4n) is 2.64. The zero-order valence-corrected chi connectivity index (χ0v) is 18.4. The summed E-state index contributed by atoms with van der Waals surface area (Å²) in [5.41, 5.74) is -0.663. The first-order valence-corrected chi connectivity index (χ1v) is 10.9. The molecule has 2 rings (SSSR count). The Morgan fingerprint density at radius 2 is 1.65 bits per heavy atom. The van der Waals surface area contributed by atoms with E-state index in [0.717, 1.165) is 12.1 Å². The zero-order valence-electron chi connectivity index (χ0n) is 17.6. The number of carbonyl (C=O) groups excluding carboxylic acids is 1. The molecular weight excluding hydrogens is 433 g/mol. The van der Waals surface area contributed by atoms with Crippen LogP contribution < -0.4 is 14.8 Å². The van der Waals surface area contributed by atoms with Gasteiger partial charge in [0, 0.05) is 11.1 Å². The lowest BCUT2D eigenvalue weighted by Crippen LogP contribution is -2.40. The van der Waals surface area contributed by atoms with Crippen molar-refractivity contribution in [2.75, 3.05) is 13.2 Å². The molecule has 0 heterocycles. The molecule has 2 aromatic carbocycles. The molecule has 0 unspecified atom stereocenters. The predicted molar refractivity (Wildman–Crippen MR) is 111 cm³/mol. The summed E-state index contributed by atoms with van der Waals surface area (Å²) in [5, 5.41) is 2.61. The summed E-state index contributed by atoms with van der Waals surface area (Å²) >= 11 is 0. The molecule has 10 heteroatoms. The molecule has 0 bridgehead atoms. The number of hydrogen-bond acceptors (Lipinski definition) is 4. The van der Waals surface area contributed by atoms with Crippen molar-refractivity contribution < 1.29 is 31.1 Å². The number of amides is 1. The van der Waals surface area contributed by atoms with Crippen molar-refractivity contribution in [1.29, 1.82) is 0 Å². The summed E-state index contributed by atoms with van der Waals surface area (Å²) < 4.78 is 70.6. The molecule has 0 aliphatic rings. The van der Waals surface area contributed by atoms with Crippen LogP contribution in [0.15, 0.2) is 47.4 Å². The van der Waals surface area contributed by atoms with Crippen molar-refractivity contribution in [3.05, 3.63) is 59.2 Å². The van der Waals surface area contributed by atoms with E-state index in [1.54, 1.807) is 33.8 Å². The number of alkyl halides is 3. The van der Waals surface area contributed by atoms with Crippen LogP contribution in [0.5, 0.6) is 5.75 Å². The molecule has 1 amide bonds. The second-order valence-corrected chi connectivity index (χ2v) is 9.64. The van der Waals surface area contributed by atoms with Crippen LogP contribution in [-0.4, -0.2) is 33.0 Å². The molecule has 0 spiro atoms. The highest BCUT2D eigenvalue weighted by molar-refractivity contribution is 7.89. The molecule has 0 aromatic heterocycles. The maximum absolute atomic E-state index is 12.6. The van der Waals surface area contributed by atoms with Crippen LogP contribution in [0, 0.1) is 6.92 Å². The van der Waals surface area contributed by atoms with Crippen molar-refractivity contribution in [2.45, 2.75) is 44.3 Å². The third-order valence-electron chi connectivity index (χ3n) is 4.04. The van der Waals surface area contributed by atoms with Crippen molar-refractivity contribution >= 4 is 15.9 Å². The van der Waals surface area contributed by atoms with Crippen LogP contribution in [0.2, 0.25) is 0 Å². The fraction of sp³-hybridized carbons (Fsp3) is 0.381. The number of hydrogen-bond donors (Lipinski definition) is 2. The first-order chi connectivity index (χ1) is 14.2. The zero-order chi connectivity index (χ0) is 23.4. The summed E-state index contributed by atoms with van der Waals surface area (Å²) in [6, 6.07) is 8.49. The molecule has 2 N–H and O–H groups in total. The predicted octanol–water partition coefficient (Wildman–Crippen LogP) is 3.90. The van der Waals surface area contributed by atoms with E-state index in [1.807, 2.05) is 0 Å². The Morgan fingerprint density at radius 3 is 2.19 bits per heavy atom. The average molecular weight is 459 g/mol. The van der Waals surface area contributed by atoms with Crippen molar-refractivity contribution in [2.24, 2.45) is 0 Å². The third kappa shape index (κ3) is 7.25. The normalized spacial score (nSPS) is 12.5. The quantitative estimate of drug-likeness (QED) is 0.617. The van der Waals surface area contributed by atoms with Crippen molar-refractivity contribution in [1.82, 2.24) is 10.0 Å². The highest BCUT2D eigenvalue weighted by atomic mass is 32.2. The molecule has 6 nitrogen and oxygen atoms in total. The number of rotatable bonds is 7. The van der Waals surface area contributed by atoms with Gasteiger partial charge in [-0.1, -0.05) is 6.07 Å². The van der Waals surface area contributed by atoms with Gasteiger partial charge in [0.15, 0.2) is 0 Å². The smallest absolute Gasteiger partial charge is 0.416 e. The van der Waals surface area contributed by atoms with Gasteiger partial charge in [-0.3, -0.25) is 4.79 Å². The van der Waals surface area contributed by atoms with Gasteiger partial charge in [0.25, 0.3) is 5.91 Å². The Balaban J connectivity index is 1.98. The number of aryl methyl sites for hydroxylation is 1. The third-order valence-corrected chi connectivity index (χ3v) is 5.80. The van der Waals surface area contributed by atoms with E-state index in [-0.39, 0.29) is 29.4 Å². The summed E-state index contributed by atoms with van der Waals surface area (Å²) in [7, 11) is -3.80. The van der Waals surface area contributed by atoms with Crippen LogP contribution in [-0.2, 0) is 16.2 Å². The van der Waals surface area contributed by atoms with E-state index in [0.29, 0.717) is 5.56 Å². The van der Waals surface area contributed by atoms with Crippen molar-refractivity contribution in [3.63, 3.8) is 0 Å². The van der Waals surface area contributed by atoms with Crippen LogP contribution in [0.25, 0.3) is 0 Å². The highest BCUT2D eigenvalue weighted by Crippen LogP contribution is 2.30. The van der Waals surface area contributed by atoms with Gasteiger partial charge in [0.2, 0.25) is 10.0 Å². The molecule has 0 fully saturated rings. The minimum absolute atomic E-state index is 0.0275. The fourth-order valence-corrected chi connectivity index (χ4v) is 4.09. The summed E-state index contributed by atoms with van der Waals surface area (Å²) in [6.07, 6.45) is -4.42. The first-order valence-electron chi connectivity index (χ1n) is 9.42. The van der Waals surface area contributed by atoms with E-state index < -0.39 is 33.2 Å². The molecule has 0 aliphatic carbocycles. The number of benzene rings is 2. The van der Waals surface area contributed by atoms with E-state index in [4.69, 9.17) is 4.74 Å². The van der Waals surface area contributed by atoms with Gasteiger partial charge in [0.1, 0.15) is 12.4 Å². The average Bonchev–Trinajstić information content (AvgIpc) is 2.63. The topological polar surface area (TPSA) is 84.5 Å². The van der Waals surface area contributed by atoms with Gasteiger partial charge in [0.05, 0.1) is 17.0 Å². The Labute approximate surface area is 179 Å². The number of nitrogens with one attached hydrogen (secondary N) is 2. The lowest BCUT2D eigenvalue weighted by molar-refractivity contribution is -0.137. The number of halogens is 3. The first kappa shape index (κ1) is 24.7. The molecule has 0 saturated carbocycles. The second-order valence-electron chi connectivity index (χ2n) is 7.96. The second kappa shape index (κ2) is 9.27. The summed E-state index contributed by atoms with van der Waals surface area (Å²) in [6.45, 7) is 6.92. The van der Waals surface area contributed by atoms with E-state index in [9.17, 15) is 26.4 Å². The largest absolute Gasteiger partial charge is 0.492 e. The number of carbonyl (C=O) groups is 1. The summed E-state index contributed by atoms with van der Waals surface area (Å²) in [5.74, 6) is -0.249. The van der Waals surface area contributed by atoms with Crippen molar-refractivity contribution in [3.8, 4) is 5.75 Å². The SMILES string of the molecule is Cc1ccc(S(=O)(=O)NC(C)(C)C)cc1C(=O)NCCOc1ccc(C(F)(F)F)cc1. The van der Waals surface area contributed by atoms with Gasteiger partial charge in [-0.25, -0.2) is 13.1 Å². The van der Waals surface area contributed by atoms with Crippen LogP contribution in [0.3, 0.4) is 0 Å². The molecular formula is C21H25F3N2O4S. The maximum atomic E-state index is 12.6. The van der Waals surface area contributed by atoms with E-state index in [1.165, 1.54) is 24.3 Å². The van der Waals surface area contributed by atoms with Crippen LogP contribution >= 0.6 is 0 Å². The van der Waals surface area contributed by atoms with E-state index >= 15 is 0 Å². The van der Waals surface area contributed by atoms with Gasteiger partial charge >= 0.3 is 6.18 Å². The molecule has 0 atom stereocenters. The minimum atomic E-state index is -4.42. The minimum Gasteiger partial charge on any atom is -0.492 e. The summed E-state index contributed by atoms with van der Waals surface area (Å²) in [4.78, 5) is 12.5. The number of sulfonamides is 1. The highest BCUT2D eigenvalue weighted by Gasteiger charge is 2.30. The van der Waals surface area contributed by atoms with Crippen LogP contribution in [0.4, 0.5) is 13.2 Å². The lowest BCUT2D eigenvalue weighted by Gasteiger charge is -2.20. The molecule has 0 saturated heterocycles. The van der Waals surface area contributed by atoms with Crippen LogP contribution in [0.1, 0.15) is 42.3 Å². The Morgan fingerprint density at radius 1 is 1.03 bits per heavy atom.